The fourth-order valence-electron chi connectivity index (χ4n) is 2.00. The first-order chi connectivity index (χ1) is 9.04. The molecule has 1 aromatic rings. The molecule has 1 aliphatic heterocycles. The number of rotatable bonds is 4. The van der Waals surface area contributed by atoms with Crippen LogP contribution in [0.2, 0.25) is 0 Å². The van der Waals surface area contributed by atoms with Crippen molar-refractivity contribution in [1.29, 1.82) is 0 Å². The van der Waals surface area contributed by atoms with Gasteiger partial charge in [0.05, 0.1) is 5.60 Å². The van der Waals surface area contributed by atoms with Gasteiger partial charge in [-0.15, -0.1) is 10.2 Å². The number of aromatic nitrogens is 2. The van der Waals surface area contributed by atoms with Crippen molar-refractivity contribution >= 4 is 22.4 Å². The third-order valence-corrected chi connectivity index (χ3v) is 4.05. The van der Waals surface area contributed by atoms with E-state index in [1.165, 1.54) is 16.2 Å². The topological polar surface area (TPSA) is 87.6 Å². The zero-order valence-electron chi connectivity index (χ0n) is 11.0. The van der Waals surface area contributed by atoms with Crippen molar-refractivity contribution in [2.75, 3.05) is 39.2 Å². The molecule has 0 unspecified atom stereocenters. The van der Waals surface area contributed by atoms with Gasteiger partial charge in [-0.2, -0.15) is 0 Å². The summed E-state index contributed by atoms with van der Waals surface area (Å²) in [5.74, 6) is -0.223. The van der Waals surface area contributed by atoms with Crippen LogP contribution in [0, 0.1) is 0 Å². The Morgan fingerprint density at radius 3 is 2.79 bits per heavy atom. The highest BCUT2D eigenvalue weighted by atomic mass is 32.1. The summed E-state index contributed by atoms with van der Waals surface area (Å²) in [4.78, 5) is 13.6. The van der Waals surface area contributed by atoms with Crippen LogP contribution in [0.5, 0.6) is 0 Å². The number of aliphatic hydroxyl groups is 1. The first-order valence-corrected chi connectivity index (χ1v) is 6.92. The summed E-state index contributed by atoms with van der Waals surface area (Å²) in [6.07, 6.45) is 1.09. The monoisotopic (exact) mass is 286 g/mol. The second kappa shape index (κ2) is 5.81. The third kappa shape index (κ3) is 3.40. The molecular weight excluding hydrogens is 268 g/mol. The number of anilines is 1. The van der Waals surface area contributed by atoms with Gasteiger partial charge in [0.2, 0.25) is 10.1 Å². The number of likely N-dealkylation sites (N-methyl/N-ethyl adjacent to an activating group) is 1. The van der Waals surface area contributed by atoms with Gasteiger partial charge in [-0.1, -0.05) is 11.3 Å². The van der Waals surface area contributed by atoms with E-state index in [9.17, 15) is 9.90 Å². The molecule has 0 saturated carbocycles. The van der Waals surface area contributed by atoms with Gasteiger partial charge in [0, 0.05) is 46.7 Å². The van der Waals surface area contributed by atoms with Crippen LogP contribution in [0.15, 0.2) is 0 Å². The van der Waals surface area contributed by atoms with E-state index in [0.717, 1.165) is 0 Å². The van der Waals surface area contributed by atoms with Crippen LogP contribution < -0.4 is 5.32 Å². The lowest BCUT2D eigenvalue weighted by molar-refractivity contribution is -0.0734. The molecule has 0 aliphatic carbocycles. The van der Waals surface area contributed by atoms with E-state index in [2.05, 4.69) is 15.5 Å². The lowest BCUT2D eigenvalue weighted by Gasteiger charge is -2.35. The Bertz CT molecular complexity index is 445. The van der Waals surface area contributed by atoms with Gasteiger partial charge in [-0.05, 0) is 0 Å². The summed E-state index contributed by atoms with van der Waals surface area (Å²) in [5.41, 5.74) is -0.862. The van der Waals surface area contributed by atoms with Gasteiger partial charge in [-0.3, -0.25) is 4.79 Å². The van der Waals surface area contributed by atoms with E-state index in [4.69, 9.17) is 4.74 Å². The molecule has 2 N–H and O–H groups in total. The SMILES string of the molecule is CNc1nnc(C(=O)N(C)CC2(O)CCOCC2)s1. The van der Waals surface area contributed by atoms with Crippen LogP contribution in [-0.2, 0) is 4.74 Å². The highest BCUT2D eigenvalue weighted by molar-refractivity contribution is 7.17. The summed E-state index contributed by atoms with van der Waals surface area (Å²) in [6.45, 7) is 1.34. The number of hydrogen-bond donors (Lipinski definition) is 2. The van der Waals surface area contributed by atoms with Crippen molar-refractivity contribution in [3.63, 3.8) is 0 Å². The van der Waals surface area contributed by atoms with Crippen molar-refractivity contribution in [3.05, 3.63) is 5.01 Å². The Kier molecular flexibility index (Phi) is 4.33. The maximum atomic E-state index is 12.2. The molecule has 8 heteroatoms. The summed E-state index contributed by atoms with van der Waals surface area (Å²) >= 11 is 1.20. The zero-order valence-corrected chi connectivity index (χ0v) is 11.9. The van der Waals surface area contributed by atoms with E-state index >= 15 is 0 Å². The van der Waals surface area contributed by atoms with E-state index in [1.807, 2.05) is 0 Å². The van der Waals surface area contributed by atoms with Crippen LogP contribution in [0.1, 0.15) is 22.6 Å². The Balaban J connectivity index is 1.98. The summed E-state index contributed by atoms with van der Waals surface area (Å²) in [7, 11) is 3.39. The second-order valence-corrected chi connectivity index (χ2v) is 5.64. The number of nitrogens with one attached hydrogen (secondary N) is 1. The lowest BCUT2D eigenvalue weighted by Crippen LogP contribution is -2.47. The zero-order chi connectivity index (χ0) is 13.9. The second-order valence-electron chi connectivity index (χ2n) is 4.66. The molecule has 1 fully saturated rings. The molecule has 1 amide bonds. The normalized spacial score (nSPS) is 18.1. The minimum atomic E-state index is -0.862. The molecule has 106 valence electrons. The Morgan fingerprint density at radius 2 is 2.21 bits per heavy atom. The van der Waals surface area contributed by atoms with Gasteiger partial charge in [0.1, 0.15) is 0 Å². The molecular formula is C11H18N4O3S. The largest absolute Gasteiger partial charge is 0.388 e. The molecule has 0 bridgehead atoms. The van der Waals surface area contributed by atoms with Crippen molar-refractivity contribution in [3.8, 4) is 0 Å². The number of carbonyl (C=O) groups excluding carboxylic acids is 1. The number of amides is 1. The van der Waals surface area contributed by atoms with E-state index in [1.54, 1.807) is 14.1 Å². The molecule has 1 aliphatic rings. The molecule has 7 nitrogen and oxygen atoms in total. The van der Waals surface area contributed by atoms with Gasteiger partial charge in [0.25, 0.3) is 5.91 Å². The van der Waals surface area contributed by atoms with E-state index < -0.39 is 5.60 Å². The van der Waals surface area contributed by atoms with Crippen LogP contribution >= 0.6 is 11.3 Å². The standard InChI is InChI=1S/C11H18N4O3S/c1-12-10-14-13-8(19-10)9(16)15(2)7-11(17)3-5-18-6-4-11/h17H,3-7H2,1-2H3,(H,12,14). The average Bonchev–Trinajstić information content (AvgIpc) is 2.86. The van der Waals surface area contributed by atoms with Crippen LogP contribution in [-0.4, -0.2) is 65.6 Å². The Labute approximate surface area is 115 Å². The molecule has 0 spiro atoms. The van der Waals surface area contributed by atoms with Gasteiger partial charge < -0.3 is 20.1 Å². The average molecular weight is 286 g/mol. The number of ether oxygens (including phenoxy) is 1. The first kappa shape index (κ1) is 14.2. The number of nitrogens with zero attached hydrogens (tertiary/aromatic N) is 3. The third-order valence-electron chi connectivity index (χ3n) is 3.12. The van der Waals surface area contributed by atoms with Crippen LogP contribution in [0.4, 0.5) is 5.13 Å². The van der Waals surface area contributed by atoms with E-state index in [0.29, 0.717) is 36.2 Å². The van der Waals surface area contributed by atoms with Gasteiger partial charge >= 0.3 is 0 Å². The maximum absolute atomic E-state index is 12.2. The molecule has 0 atom stereocenters. The smallest absolute Gasteiger partial charge is 0.284 e. The van der Waals surface area contributed by atoms with Gasteiger partial charge in [0.15, 0.2) is 0 Å². The molecule has 0 aromatic carbocycles. The van der Waals surface area contributed by atoms with E-state index in [-0.39, 0.29) is 12.5 Å². The summed E-state index contributed by atoms with van der Waals surface area (Å²) in [6, 6.07) is 0. The van der Waals surface area contributed by atoms with Crippen LogP contribution in [0.3, 0.4) is 0 Å². The predicted molar refractivity (Wildman–Crippen MR) is 71.4 cm³/mol. The molecule has 0 radical (unpaired) electrons. The molecule has 2 heterocycles. The minimum Gasteiger partial charge on any atom is -0.388 e. The Hall–Kier alpha value is -1.25. The van der Waals surface area contributed by atoms with Crippen molar-refractivity contribution < 1.29 is 14.6 Å². The predicted octanol–water partition coefficient (Wildman–Crippen LogP) is 0.193. The van der Waals surface area contributed by atoms with Crippen LogP contribution in [0.25, 0.3) is 0 Å². The Morgan fingerprint density at radius 1 is 1.53 bits per heavy atom. The molecule has 2 rings (SSSR count). The molecule has 1 aromatic heterocycles. The maximum Gasteiger partial charge on any atom is 0.284 e. The lowest BCUT2D eigenvalue weighted by atomic mass is 9.94. The molecule has 1 saturated heterocycles. The van der Waals surface area contributed by atoms with Crippen molar-refractivity contribution in [2.45, 2.75) is 18.4 Å². The molecule has 19 heavy (non-hydrogen) atoms. The fourth-order valence-corrected chi connectivity index (χ4v) is 2.69. The highest BCUT2D eigenvalue weighted by Crippen LogP contribution is 2.23. The van der Waals surface area contributed by atoms with Gasteiger partial charge in [-0.25, -0.2) is 0 Å². The van der Waals surface area contributed by atoms with Crippen molar-refractivity contribution in [2.24, 2.45) is 0 Å². The number of hydrogen-bond acceptors (Lipinski definition) is 7. The number of carbonyl (C=O) groups is 1. The summed E-state index contributed by atoms with van der Waals surface area (Å²) < 4.78 is 5.22. The summed E-state index contributed by atoms with van der Waals surface area (Å²) in [5, 5.41) is 21.8. The van der Waals surface area contributed by atoms with Crippen molar-refractivity contribution in [1.82, 2.24) is 15.1 Å². The fraction of sp³-hybridized carbons (Fsp3) is 0.727. The highest BCUT2D eigenvalue weighted by Gasteiger charge is 2.33. The quantitative estimate of drug-likeness (QED) is 0.822. The first-order valence-electron chi connectivity index (χ1n) is 6.11. The minimum absolute atomic E-state index is 0.223.